The standard InChI is InChI=1S/C24H22F4N4O5S/c1-13-17(24(26,27)28)11-29-23(37-18-8-9-19(25)30-14(18)2)21(13)22(34)31-15-6-5-7-16(10-15)38(35)32(3)20(33)12-36-4/h5-11H,12H2,1-4H3,(H,31,34). The summed E-state index contributed by atoms with van der Waals surface area (Å²) in [7, 11) is 2.61. The lowest BCUT2D eigenvalue weighted by molar-refractivity contribution is -0.138. The number of benzene rings is 1. The van der Waals surface area contributed by atoms with Gasteiger partial charge in [-0.1, -0.05) is 6.07 Å². The van der Waals surface area contributed by atoms with Crippen molar-refractivity contribution in [3.63, 3.8) is 0 Å². The van der Waals surface area contributed by atoms with Crippen LogP contribution in [0.3, 0.4) is 0 Å². The Kier molecular flexibility index (Phi) is 8.91. The van der Waals surface area contributed by atoms with Gasteiger partial charge in [-0.25, -0.2) is 9.97 Å². The maximum atomic E-state index is 13.6. The number of hydrogen-bond acceptors (Lipinski definition) is 7. The van der Waals surface area contributed by atoms with E-state index in [1.807, 2.05) is 0 Å². The molecule has 0 radical (unpaired) electrons. The van der Waals surface area contributed by atoms with Crippen LogP contribution in [-0.2, 0) is 27.1 Å². The molecule has 2 amide bonds. The quantitative estimate of drug-likeness (QED) is 0.249. The molecule has 1 aromatic carbocycles. The predicted molar refractivity (Wildman–Crippen MR) is 128 cm³/mol. The van der Waals surface area contributed by atoms with E-state index in [0.29, 0.717) is 6.20 Å². The first-order chi connectivity index (χ1) is 17.8. The summed E-state index contributed by atoms with van der Waals surface area (Å²) in [5.41, 5.74) is -1.98. The second kappa shape index (κ2) is 11.8. The number of nitrogens with zero attached hydrogens (tertiary/aromatic N) is 3. The van der Waals surface area contributed by atoms with Crippen LogP contribution in [0, 0.1) is 19.8 Å². The molecule has 0 bridgehead atoms. The zero-order valence-electron chi connectivity index (χ0n) is 20.6. The molecule has 0 saturated carbocycles. The second-order valence-corrected chi connectivity index (χ2v) is 9.37. The third-order valence-electron chi connectivity index (χ3n) is 5.21. The van der Waals surface area contributed by atoms with Crippen molar-refractivity contribution in [2.24, 2.45) is 0 Å². The number of carbonyl (C=O) groups is 2. The summed E-state index contributed by atoms with van der Waals surface area (Å²) < 4.78 is 78.1. The number of likely N-dealkylation sites (N-methyl/N-ethyl adjacent to an activating group) is 1. The number of nitrogens with one attached hydrogen (secondary N) is 1. The SMILES string of the molecule is COCC(=O)N(C)[S+]([O-])c1cccc(NC(=O)c2c(Oc3ccc(F)nc3C)ncc(C(F)(F)F)c2C)c1. The van der Waals surface area contributed by atoms with Gasteiger partial charge in [0.2, 0.25) is 11.8 Å². The molecule has 9 nitrogen and oxygen atoms in total. The number of rotatable bonds is 8. The number of anilines is 1. The topological polar surface area (TPSA) is 117 Å². The molecule has 202 valence electrons. The third kappa shape index (κ3) is 6.57. The lowest BCUT2D eigenvalue weighted by Gasteiger charge is -2.20. The fraction of sp³-hybridized carbons (Fsp3) is 0.250. The van der Waals surface area contributed by atoms with Crippen LogP contribution in [0.1, 0.15) is 27.2 Å². The molecule has 0 saturated heterocycles. The number of aromatic nitrogens is 2. The average molecular weight is 555 g/mol. The number of methoxy groups -OCH3 is 1. The van der Waals surface area contributed by atoms with E-state index in [2.05, 4.69) is 15.3 Å². The third-order valence-corrected chi connectivity index (χ3v) is 6.57. The largest absolute Gasteiger partial charge is 0.588 e. The highest BCUT2D eigenvalue weighted by atomic mass is 32.2. The van der Waals surface area contributed by atoms with Gasteiger partial charge in [0.05, 0.1) is 18.3 Å². The summed E-state index contributed by atoms with van der Waals surface area (Å²) in [5.74, 6) is -2.84. The van der Waals surface area contributed by atoms with E-state index in [4.69, 9.17) is 9.47 Å². The van der Waals surface area contributed by atoms with Crippen molar-refractivity contribution in [2.75, 3.05) is 26.1 Å². The molecule has 3 rings (SSSR count). The number of amides is 2. The van der Waals surface area contributed by atoms with Crippen LogP contribution in [0.4, 0.5) is 23.2 Å². The van der Waals surface area contributed by atoms with Gasteiger partial charge in [0.15, 0.2) is 10.6 Å². The van der Waals surface area contributed by atoms with Crippen molar-refractivity contribution >= 4 is 28.9 Å². The van der Waals surface area contributed by atoms with Gasteiger partial charge in [-0.05, 0) is 43.7 Å². The minimum atomic E-state index is -4.81. The maximum absolute atomic E-state index is 13.6. The van der Waals surface area contributed by atoms with Crippen molar-refractivity contribution in [3.05, 3.63) is 70.9 Å². The molecule has 1 N–H and O–H groups in total. The molecule has 14 heteroatoms. The number of hydrogen-bond donors (Lipinski definition) is 1. The van der Waals surface area contributed by atoms with Gasteiger partial charge in [-0.15, -0.1) is 0 Å². The van der Waals surface area contributed by atoms with Crippen molar-refractivity contribution in [2.45, 2.75) is 24.9 Å². The van der Waals surface area contributed by atoms with Crippen LogP contribution < -0.4 is 10.1 Å². The van der Waals surface area contributed by atoms with Gasteiger partial charge in [-0.2, -0.15) is 21.9 Å². The highest BCUT2D eigenvalue weighted by Gasteiger charge is 2.36. The fourth-order valence-corrected chi connectivity index (χ4v) is 4.26. The molecule has 2 heterocycles. The van der Waals surface area contributed by atoms with Gasteiger partial charge < -0.3 is 19.3 Å². The van der Waals surface area contributed by atoms with Crippen LogP contribution in [0.2, 0.25) is 0 Å². The number of aryl methyl sites for hydroxylation is 1. The molecule has 0 aliphatic carbocycles. The smallest absolute Gasteiger partial charge is 0.418 e. The lowest BCUT2D eigenvalue weighted by atomic mass is 10.0. The van der Waals surface area contributed by atoms with E-state index in [0.717, 1.165) is 17.3 Å². The second-order valence-electron chi connectivity index (χ2n) is 7.85. The molecule has 2 aromatic heterocycles. The Morgan fingerprint density at radius 1 is 1.18 bits per heavy atom. The van der Waals surface area contributed by atoms with Gasteiger partial charge in [-0.3, -0.25) is 9.59 Å². The first-order valence-corrected chi connectivity index (χ1v) is 11.9. The summed E-state index contributed by atoms with van der Waals surface area (Å²) in [6, 6.07) is 7.79. The average Bonchev–Trinajstić information content (AvgIpc) is 2.84. The van der Waals surface area contributed by atoms with E-state index < -0.39 is 57.9 Å². The summed E-state index contributed by atoms with van der Waals surface area (Å²) in [6.45, 7) is 2.20. The molecule has 0 fully saturated rings. The molecule has 0 aliphatic rings. The molecular weight excluding hydrogens is 532 g/mol. The van der Waals surface area contributed by atoms with E-state index >= 15 is 0 Å². The predicted octanol–water partition coefficient (Wildman–Crippen LogP) is 4.42. The minimum Gasteiger partial charge on any atom is -0.588 e. The molecule has 38 heavy (non-hydrogen) atoms. The Hall–Kier alpha value is -3.75. The van der Waals surface area contributed by atoms with E-state index in [-0.39, 0.29) is 28.6 Å². The Morgan fingerprint density at radius 3 is 2.53 bits per heavy atom. The van der Waals surface area contributed by atoms with E-state index in [1.54, 1.807) is 0 Å². The summed E-state index contributed by atoms with van der Waals surface area (Å²) in [6.07, 6.45) is -4.28. The number of halogens is 4. The Bertz CT molecular complexity index is 1360. The van der Waals surface area contributed by atoms with Crippen LogP contribution in [-0.4, -0.2) is 51.4 Å². The van der Waals surface area contributed by atoms with Gasteiger partial charge in [0, 0.05) is 25.1 Å². The zero-order chi connectivity index (χ0) is 28.2. The summed E-state index contributed by atoms with van der Waals surface area (Å²) in [5, 5.41) is 2.45. The number of ether oxygens (including phenoxy) is 2. The van der Waals surface area contributed by atoms with Gasteiger partial charge >= 0.3 is 6.18 Å². The van der Waals surface area contributed by atoms with Crippen LogP contribution in [0.15, 0.2) is 47.5 Å². The highest BCUT2D eigenvalue weighted by molar-refractivity contribution is 7.89. The highest BCUT2D eigenvalue weighted by Crippen LogP contribution is 2.37. The Balaban J connectivity index is 1.98. The Labute approximate surface area is 218 Å². The zero-order valence-corrected chi connectivity index (χ0v) is 21.4. The van der Waals surface area contributed by atoms with Crippen LogP contribution >= 0.6 is 0 Å². The van der Waals surface area contributed by atoms with Gasteiger partial charge in [0.1, 0.15) is 23.5 Å². The first kappa shape index (κ1) is 28.8. The molecule has 0 spiro atoms. The van der Waals surface area contributed by atoms with Gasteiger partial charge in [0.25, 0.3) is 11.8 Å². The lowest BCUT2D eigenvalue weighted by Crippen LogP contribution is -2.35. The normalized spacial score (nSPS) is 12.1. The minimum absolute atomic E-state index is 0.0201. The number of alkyl halides is 3. The van der Waals surface area contributed by atoms with Crippen molar-refractivity contribution in [1.82, 2.24) is 14.3 Å². The first-order valence-electron chi connectivity index (χ1n) is 10.8. The van der Waals surface area contributed by atoms with E-state index in [9.17, 15) is 31.7 Å². The summed E-state index contributed by atoms with van der Waals surface area (Å²) in [4.78, 5) is 32.7. The van der Waals surface area contributed by atoms with Crippen molar-refractivity contribution in [1.29, 1.82) is 0 Å². The van der Waals surface area contributed by atoms with Crippen molar-refractivity contribution < 1.29 is 41.2 Å². The number of pyridine rings is 2. The fourth-order valence-electron chi connectivity index (χ4n) is 3.28. The Morgan fingerprint density at radius 2 is 1.89 bits per heavy atom. The maximum Gasteiger partial charge on any atom is 0.418 e. The molecule has 0 aliphatic heterocycles. The molecule has 3 aromatic rings. The number of carbonyl (C=O) groups excluding carboxylic acids is 2. The van der Waals surface area contributed by atoms with E-state index in [1.165, 1.54) is 51.4 Å². The summed E-state index contributed by atoms with van der Waals surface area (Å²) >= 11 is -1.96. The molecular formula is C24H22F4N4O5S. The monoisotopic (exact) mass is 554 g/mol. The van der Waals surface area contributed by atoms with Crippen molar-refractivity contribution in [3.8, 4) is 11.6 Å². The molecule has 1 atom stereocenters. The van der Waals surface area contributed by atoms with Crippen LogP contribution in [0.5, 0.6) is 11.6 Å². The molecule has 1 unspecified atom stereocenters. The van der Waals surface area contributed by atoms with Crippen LogP contribution in [0.25, 0.3) is 0 Å².